The minimum absolute atomic E-state index is 0.137. The second kappa shape index (κ2) is 6.55. The fraction of sp³-hybridized carbons (Fsp3) is 0. The van der Waals surface area contributed by atoms with Crippen LogP contribution >= 0.6 is 12.6 Å². The number of thiol groups is 1. The van der Waals surface area contributed by atoms with Crippen LogP contribution in [0.2, 0.25) is 0 Å². The van der Waals surface area contributed by atoms with Crippen molar-refractivity contribution in [1.82, 2.24) is 0 Å². The third-order valence-corrected chi connectivity index (χ3v) is 2.11. The number of nitro groups is 1. The van der Waals surface area contributed by atoms with Gasteiger partial charge in [-0.15, -0.1) is 12.6 Å². The summed E-state index contributed by atoms with van der Waals surface area (Å²) in [5.74, 6) is 0.280. The lowest BCUT2D eigenvalue weighted by molar-refractivity contribution is -0.384. The molecule has 5 heteroatoms. The van der Waals surface area contributed by atoms with Crippen molar-refractivity contribution in [1.29, 1.82) is 0 Å². The lowest BCUT2D eigenvalue weighted by Gasteiger charge is -1.88. The van der Waals surface area contributed by atoms with Crippen molar-refractivity contribution in [2.24, 2.45) is 0 Å². The Kier molecular flexibility index (Phi) is 5.03. The first-order valence-electron chi connectivity index (χ1n) is 4.77. The van der Waals surface area contributed by atoms with Crippen molar-refractivity contribution < 1.29 is 10.0 Å². The molecule has 88 valence electrons. The van der Waals surface area contributed by atoms with Crippen LogP contribution in [0, 0.1) is 10.1 Å². The Labute approximate surface area is 104 Å². The zero-order valence-electron chi connectivity index (χ0n) is 8.85. The summed E-state index contributed by atoms with van der Waals surface area (Å²) in [6.07, 6.45) is 0. The molecule has 0 aliphatic heterocycles. The van der Waals surface area contributed by atoms with E-state index in [0.717, 1.165) is 4.90 Å². The SMILES string of the molecule is O=[N+]([O-])c1ccccc1.Oc1ccc(S)cc1. The first-order valence-corrected chi connectivity index (χ1v) is 5.22. The van der Waals surface area contributed by atoms with Crippen molar-refractivity contribution in [2.45, 2.75) is 4.90 Å². The summed E-state index contributed by atoms with van der Waals surface area (Å²) in [7, 11) is 0. The van der Waals surface area contributed by atoms with Crippen molar-refractivity contribution in [2.75, 3.05) is 0 Å². The minimum Gasteiger partial charge on any atom is -0.508 e. The summed E-state index contributed by atoms with van der Waals surface area (Å²) >= 11 is 4.02. The largest absolute Gasteiger partial charge is 0.508 e. The average molecular weight is 249 g/mol. The van der Waals surface area contributed by atoms with Crippen LogP contribution in [0.5, 0.6) is 5.75 Å². The van der Waals surface area contributed by atoms with Crippen molar-refractivity contribution >= 4 is 18.3 Å². The molecule has 0 amide bonds. The molecule has 1 N–H and O–H groups in total. The Morgan fingerprint density at radius 1 is 1.00 bits per heavy atom. The number of nitrogens with zero attached hydrogens (tertiary/aromatic N) is 1. The van der Waals surface area contributed by atoms with Crippen LogP contribution in [-0.2, 0) is 0 Å². The zero-order valence-corrected chi connectivity index (χ0v) is 9.75. The topological polar surface area (TPSA) is 63.4 Å². The highest BCUT2D eigenvalue weighted by Crippen LogP contribution is 2.11. The second-order valence-electron chi connectivity index (χ2n) is 3.11. The summed E-state index contributed by atoms with van der Waals surface area (Å²) in [6.45, 7) is 0. The molecule has 0 radical (unpaired) electrons. The van der Waals surface area contributed by atoms with Gasteiger partial charge < -0.3 is 5.11 Å². The van der Waals surface area contributed by atoms with E-state index in [2.05, 4.69) is 12.6 Å². The first-order chi connectivity index (χ1) is 8.09. The van der Waals surface area contributed by atoms with E-state index in [0.29, 0.717) is 0 Å². The van der Waals surface area contributed by atoms with E-state index < -0.39 is 4.92 Å². The fourth-order valence-corrected chi connectivity index (χ4v) is 1.15. The van der Waals surface area contributed by atoms with Gasteiger partial charge in [0, 0.05) is 17.0 Å². The number of hydrogen-bond acceptors (Lipinski definition) is 4. The Hall–Kier alpha value is -2.01. The van der Waals surface area contributed by atoms with Gasteiger partial charge in [0.2, 0.25) is 0 Å². The molecule has 2 aromatic carbocycles. The van der Waals surface area contributed by atoms with E-state index in [1.165, 1.54) is 12.1 Å². The number of phenols is 1. The molecule has 0 atom stereocenters. The molecule has 0 unspecified atom stereocenters. The van der Waals surface area contributed by atoms with Gasteiger partial charge in [-0.25, -0.2) is 0 Å². The monoisotopic (exact) mass is 249 g/mol. The predicted molar refractivity (Wildman–Crippen MR) is 68.5 cm³/mol. The third-order valence-electron chi connectivity index (χ3n) is 1.82. The Bertz CT molecular complexity index is 450. The van der Waals surface area contributed by atoms with Gasteiger partial charge in [-0.2, -0.15) is 0 Å². The standard InChI is InChI=1S/C6H5NO2.C6H6OS/c8-7(9)6-4-2-1-3-5-6;7-5-1-3-6(8)4-2-5/h1-5H;1-4,7-8H. The fourth-order valence-electron chi connectivity index (χ4n) is 1.00. The third kappa shape index (κ3) is 5.03. The van der Waals surface area contributed by atoms with Crippen LogP contribution in [0.3, 0.4) is 0 Å². The number of aromatic hydroxyl groups is 1. The second-order valence-corrected chi connectivity index (χ2v) is 3.63. The molecule has 17 heavy (non-hydrogen) atoms. The first kappa shape index (κ1) is 13.1. The van der Waals surface area contributed by atoms with Crippen LogP contribution in [0.1, 0.15) is 0 Å². The molecule has 0 aliphatic carbocycles. The number of phenolic OH excluding ortho intramolecular Hbond substituents is 1. The van der Waals surface area contributed by atoms with Gasteiger partial charge in [0.25, 0.3) is 5.69 Å². The van der Waals surface area contributed by atoms with E-state index in [4.69, 9.17) is 5.11 Å². The average Bonchev–Trinajstić information content (AvgIpc) is 2.35. The van der Waals surface area contributed by atoms with Crippen molar-refractivity contribution in [3.05, 3.63) is 64.7 Å². The number of hydrogen-bond donors (Lipinski definition) is 2. The molecule has 0 heterocycles. The number of rotatable bonds is 1. The molecule has 0 bridgehead atoms. The Morgan fingerprint density at radius 3 is 1.88 bits per heavy atom. The maximum absolute atomic E-state index is 10.0. The summed E-state index contributed by atoms with van der Waals surface area (Å²) in [4.78, 5) is 10.5. The predicted octanol–water partition coefficient (Wildman–Crippen LogP) is 3.28. The number of para-hydroxylation sites is 1. The molecular weight excluding hydrogens is 238 g/mol. The molecular formula is C12H11NO3S. The maximum atomic E-state index is 10.0. The van der Waals surface area contributed by atoms with Gasteiger partial charge in [-0.3, -0.25) is 10.1 Å². The van der Waals surface area contributed by atoms with Gasteiger partial charge in [-0.1, -0.05) is 18.2 Å². The van der Waals surface area contributed by atoms with Crippen LogP contribution in [0.15, 0.2) is 59.5 Å². The maximum Gasteiger partial charge on any atom is 0.269 e. The van der Waals surface area contributed by atoms with Gasteiger partial charge >= 0.3 is 0 Å². The highest BCUT2D eigenvalue weighted by atomic mass is 32.1. The minimum atomic E-state index is -0.417. The van der Waals surface area contributed by atoms with E-state index >= 15 is 0 Å². The van der Waals surface area contributed by atoms with E-state index in [-0.39, 0.29) is 11.4 Å². The van der Waals surface area contributed by atoms with Crippen molar-refractivity contribution in [3.8, 4) is 5.75 Å². The van der Waals surface area contributed by atoms with Gasteiger partial charge in [0.1, 0.15) is 5.75 Å². The summed E-state index contributed by atoms with van der Waals surface area (Å²) in [5.41, 5.74) is 0.137. The summed E-state index contributed by atoms with van der Waals surface area (Å²) in [6, 6.07) is 14.6. The summed E-state index contributed by atoms with van der Waals surface area (Å²) in [5, 5.41) is 18.7. The lowest BCUT2D eigenvalue weighted by Crippen LogP contribution is -1.84. The Balaban J connectivity index is 0.000000171. The molecule has 4 nitrogen and oxygen atoms in total. The Morgan fingerprint density at radius 2 is 1.53 bits per heavy atom. The van der Waals surface area contributed by atoms with Gasteiger partial charge in [-0.05, 0) is 24.3 Å². The number of non-ortho nitro benzene ring substituents is 1. The number of nitro benzene ring substituents is 1. The zero-order chi connectivity index (χ0) is 12.7. The highest BCUT2D eigenvalue weighted by Gasteiger charge is 1.98. The molecule has 0 saturated heterocycles. The van der Waals surface area contributed by atoms with Crippen LogP contribution < -0.4 is 0 Å². The molecule has 0 saturated carbocycles. The van der Waals surface area contributed by atoms with Crippen LogP contribution in [-0.4, -0.2) is 10.0 Å². The molecule has 2 rings (SSSR count). The molecule has 2 aromatic rings. The smallest absolute Gasteiger partial charge is 0.269 e. The highest BCUT2D eigenvalue weighted by molar-refractivity contribution is 7.80. The molecule has 0 aliphatic rings. The molecule has 0 aromatic heterocycles. The van der Waals surface area contributed by atoms with Gasteiger partial charge in [0.15, 0.2) is 0 Å². The van der Waals surface area contributed by atoms with Crippen molar-refractivity contribution in [3.63, 3.8) is 0 Å². The summed E-state index contributed by atoms with van der Waals surface area (Å²) < 4.78 is 0. The van der Waals surface area contributed by atoms with E-state index in [1.807, 2.05) is 0 Å². The van der Waals surface area contributed by atoms with E-state index in [9.17, 15) is 10.1 Å². The number of benzene rings is 2. The van der Waals surface area contributed by atoms with Gasteiger partial charge in [0.05, 0.1) is 4.92 Å². The molecule has 0 fully saturated rings. The molecule has 0 spiro atoms. The van der Waals surface area contributed by atoms with Crippen LogP contribution in [0.25, 0.3) is 0 Å². The van der Waals surface area contributed by atoms with E-state index in [1.54, 1.807) is 42.5 Å². The quantitative estimate of drug-likeness (QED) is 0.463. The normalized spacial score (nSPS) is 9.00. The lowest BCUT2D eigenvalue weighted by atomic mass is 10.3. The van der Waals surface area contributed by atoms with Crippen LogP contribution in [0.4, 0.5) is 5.69 Å².